The molecule has 2 N–H and O–H groups in total. The predicted molar refractivity (Wildman–Crippen MR) is 113 cm³/mol. The topological polar surface area (TPSA) is 105 Å². The number of carbonyl (C=O) groups excluding carboxylic acids is 1. The van der Waals surface area contributed by atoms with Crippen molar-refractivity contribution in [1.29, 1.82) is 0 Å². The lowest BCUT2D eigenvalue weighted by atomic mass is 10.1. The van der Waals surface area contributed by atoms with E-state index >= 15 is 0 Å². The number of halogens is 4. The van der Waals surface area contributed by atoms with Crippen LogP contribution in [-0.4, -0.2) is 28.9 Å². The minimum absolute atomic E-state index is 0.0406. The van der Waals surface area contributed by atoms with Crippen LogP contribution in [0.25, 0.3) is 5.65 Å². The van der Waals surface area contributed by atoms with Crippen molar-refractivity contribution in [3.8, 4) is 0 Å². The zero-order valence-electron chi connectivity index (χ0n) is 17.0. The minimum atomic E-state index is -4.57. The highest BCUT2D eigenvalue weighted by atomic mass is 32.2. The maximum Gasteiger partial charge on any atom is 0.417 e. The number of sulfonamides is 1. The van der Waals surface area contributed by atoms with E-state index in [-0.39, 0.29) is 34.2 Å². The number of anilines is 1. The smallest absolute Gasteiger partial charge is 0.345 e. The van der Waals surface area contributed by atoms with Crippen molar-refractivity contribution in [3.63, 3.8) is 0 Å². The van der Waals surface area contributed by atoms with Gasteiger partial charge in [-0.1, -0.05) is 12.1 Å². The quantitative estimate of drug-likeness (QED) is 0.399. The van der Waals surface area contributed by atoms with Gasteiger partial charge >= 0.3 is 6.18 Å². The molecule has 1 amide bonds. The first-order valence-corrected chi connectivity index (χ1v) is 11.1. The number of carbonyl (C=O) groups is 1. The first-order chi connectivity index (χ1) is 16.0. The molecule has 0 saturated heterocycles. The van der Waals surface area contributed by atoms with Gasteiger partial charge in [0.15, 0.2) is 11.5 Å². The number of rotatable bonds is 6. The van der Waals surface area contributed by atoms with Gasteiger partial charge in [-0.25, -0.2) is 12.8 Å². The normalized spacial score (nSPS) is 12.0. The van der Waals surface area contributed by atoms with Crippen LogP contribution >= 0.6 is 0 Å². The summed E-state index contributed by atoms with van der Waals surface area (Å²) < 4.78 is 80.8. The third-order valence-electron chi connectivity index (χ3n) is 4.75. The van der Waals surface area contributed by atoms with E-state index in [4.69, 9.17) is 0 Å². The molecule has 176 valence electrons. The van der Waals surface area contributed by atoms with Crippen LogP contribution in [0.4, 0.5) is 23.2 Å². The minimum Gasteiger partial charge on any atom is -0.345 e. The van der Waals surface area contributed by atoms with Gasteiger partial charge in [-0.3, -0.25) is 13.9 Å². The Balaban J connectivity index is 1.54. The van der Waals surface area contributed by atoms with Crippen LogP contribution in [0.15, 0.2) is 71.8 Å². The summed E-state index contributed by atoms with van der Waals surface area (Å²) in [6.07, 6.45) is -3.75. The Labute approximate surface area is 190 Å². The second-order valence-corrected chi connectivity index (χ2v) is 8.73. The molecule has 0 aliphatic rings. The molecular weight excluding hydrogens is 478 g/mol. The number of nitrogens with zero attached hydrogens (tertiary/aromatic N) is 3. The second-order valence-electron chi connectivity index (χ2n) is 7.05. The van der Waals surface area contributed by atoms with Crippen LogP contribution in [0.1, 0.15) is 21.7 Å². The van der Waals surface area contributed by atoms with Crippen LogP contribution < -0.4 is 10.0 Å². The van der Waals surface area contributed by atoms with Gasteiger partial charge in [0, 0.05) is 6.20 Å². The molecule has 0 bridgehead atoms. The average molecular weight is 493 g/mol. The number of hydrogen-bond acceptors (Lipinski definition) is 5. The van der Waals surface area contributed by atoms with Crippen LogP contribution in [0.2, 0.25) is 0 Å². The summed E-state index contributed by atoms with van der Waals surface area (Å²) in [4.78, 5) is 12.5. The Hall–Kier alpha value is -4.00. The Morgan fingerprint density at radius 2 is 1.68 bits per heavy atom. The largest absolute Gasteiger partial charge is 0.417 e. The van der Waals surface area contributed by atoms with E-state index in [0.717, 1.165) is 47.0 Å². The third-order valence-corrected chi connectivity index (χ3v) is 6.13. The SMILES string of the molecule is O=C(NCc1nnc2ccc(C(F)(F)F)cn12)c1ccccc1NS(=O)(=O)c1ccc(F)cc1. The lowest BCUT2D eigenvalue weighted by Crippen LogP contribution is -2.26. The van der Waals surface area contributed by atoms with Crippen molar-refractivity contribution in [2.24, 2.45) is 0 Å². The predicted octanol–water partition coefficient (Wildman–Crippen LogP) is 3.62. The van der Waals surface area contributed by atoms with E-state index < -0.39 is 33.5 Å². The van der Waals surface area contributed by atoms with Crippen molar-refractivity contribution in [2.45, 2.75) is 17.6 Å². The number of amides is 1. The zero-order valence-corrected chi connectivity index (χ0v) is 17.9. The number of para-hydroxylation sites is 1. The first-order valence-electron chi connectivity index (χ1n) is 9.61. The molecule has 13 heteroatoms. The summed E-state index contributed by atoms with van der Waals surface area (Å²) in [5, 5.41) is 10.1. The van der Waals surface area contributed by atoms with Crippen LogP contribution in [0.3, 0.4) is 0 Å². The monoisotopic (exact) mass is 493 g/mol. The Kier molecular flexibility index (Phi) is 5.96. The van der Waals surface area contributed by atoms with Gasteiger partial charge in [0.05, 0.1) is 28.3 Å². The Bertz CT molecular complexity index is 1470. The Morgan fingerprint density at radius 1 is 0.971 bits per heavy atom. The number of aromatic nitrogens is 3. The van der Waals surface area contributed by atoms with Gasteiger partial charge in [0.25, 0.3) is 15.9 Å². The summed E-state index contributed by atoms with van der Waals surface area (Å²) in [5.41, 5.74) is -0.842. The van der Waals surface area contributed by atoms with E-state index in [9.17, 15) is 30.8 Å². The van der Waals surface area contributed by atoms with Crippen LogP contribution in [0.5, 0.6) is 0 Å². The molecule has 2 heterocycles. The molecule has 4 rings (SSSR count). The van der Waals surface area contributed by atoms with E-state index in [2.05, 4.69) is 20.2 Å². The van der Waals surface area contributed by atoms with Gasteiger partial charge in [0.1, 0.15) is 5.82 Å². The Morgan fingerprint density at radius 3 is 2.38 bits per heavy atom. The summed E-state index contributed by atoms with van der Waals surface area (Å²) in [6.45, 7) is -0.277. The number of fused-ring (bicyclic) bond motifs is 1. The van der Waals surface area contributed by atoms with Crippen molar-refractivity contribution in [3.05, 3.63) is 89.6 Å². The highest BCUT2D eigenvalue weighted by Gasteiger charge is 2.31. The number of pyridine rings is 1. The molecule has 8 nitrogen and oxygen atoms in total. The van der Waals surface area contributed by atoms with Gasteiger partial charge < -0.3 is 5.32 Å². The lowest BCUT2D eigenvalue weighted by molar-refractivity contribution is -0.137. The van der Waals surface area contributed by atoms with Crippen molar-refractivity contribution in [1.82, 2.24) is 19.9 Å². The second kappa shape index (κ2) is 8.74. The highest BCUT2D eigenvalue weighted by Crippen LogP contribution is 2.29. The van der Waals surface area contributed by atoms with E-state index in [1.54, 1.807) is 0 Å². The van der Waals surface area contributed by atoms with Crippen molar-refractivity contribution in [2.75, 3.05) is 4.72 Å². The number of nitrogens with one attached hydrogen (secondary N) is 2. The fraction of sp³-hybridized carbons (Fsp3) is 0.0952. The third kappa shape index (κ3) is 4.83. The molecule has 4 aromatic rings. The summed E-state index contributed by atoms with van der Waals surface area (Å²) >= 11 is 0. The maximum atomic E-state index is 13.1. The molecule has 0 spiro atoms. The van der Waals surface area contributed by atoms with Gasteiger partial charge in [-0.05, 0) is 48.5 Å². The molecule has 0 aliphatic carbocycles. The first kappa shape index (κ1) is 23.2. The van der Waals surface area contributed by atoms with E-state index in [1.165, 1.54) is 24.3 Å². The molecule has 0 radical (unpaired) electrons. The van der Waals surface area contributed by atoms with E-state index in [1.807, 2.05) is 0 Å². The number of hydrogen-bond donors (Lipinski definition) is 2. The van der Waals surface area contributed by atoms with Gasteiger partial charge in [0.2, 0.25) is 0 Å². The fourth-order valence-corrected chi connectivity index (χ4v) is 4.15. The van der Waals surface area contributed by atoms with Gasteiger partial charge in [-0.2, -0.15) is 13.2 Å². The lowest BCUT2D eigenvalue weighted by Gasteiger charge is -2.13. The number of benzene rings is 2. The summed E-state index contributed by atoms with van der Waals surface area (Å²) in [6, 6.07) is 11.9. The standard InChI is InChI=1S/C21H15F4N5O3S/c22-14-6-8-15(9-7-14)34(32,33)29-17-4-2-1-3-16(17)20(31)26-11-19-28-27-18-10-5-13(12-30(18)19)21(23,24)25/h1-10,12,29H,11H2,(H,26,31). The average Bonchev–Trinajstić information content (AvgIpc) is 3.19. The molecule has 0 fully saturated rings. The molecule has 0 aliphatic heterocycles. The summed E-state index contributed by atoms with van der Waals surface area (Å²) in [5.74, 6) is -1.28. The zero-order chi connectivity index (χ0) is 24.5. The highest BCUT2D eigenvalue weighted by molar-refractivity contribution is 7.92. The molecule has 0 atom stereocenters. The number of alkyl halides is 3. The van der Waals surface area contributed by atoms with Crippen LogP contribution in [-0.2, 0) is 22.7 Å². The molecule has 2 aromatic carbocycles. The fourth-order valence-electron chi connectivity index (χ4n) is 3.07. The molecule has 0 saturated carbocycles. The van der Waals surface area contributed by atoms with Crippen molar-refractivity contribution >= 4 is 27.3 Å². The van der Waals surface area contributed by atoms with Gasteiger partial charge in [-0.15, -0.1) is 10.2 Å². The maximum absolute atomic E-state index is 13.1. The van der Waals surface area contributed by atoms with Crippen LogP contribution in [0, 0.1) is 5.82 Å². The van der Waals surface area contributed by atoms with E-state index in [0.29, 0.717) is 0 Å². The molecule has 2 aromatic heterocycles. The summed E-state index contributed by atoms with van der Waals surface area (Å²) in [7, 11) is -4.12. The molecule has 34 heavy (non-hydrogen) atoms. The molecular formula is C21H15F4N5O3S. The van der Waals surface area contributed by atoms with Crippen molar-refractivity contribution < 1.29 is 30.8 Å². The molecule has 0 unspecified atom stereocenters.